The van der Waals surface area contributed by atoms with E-state index in [9.17, 15) is 24.5 Å². The number of nitro groups is 1. The molecule has 28 heavy (non-hydrogen) atoms. The number of non-ortho nitro benzene ring substituents is 1. The zero-order chi connectivity index (χ0) is 20.3. The Kier molecular flexibility index (Phi) is 5.55. The average molecular weight is 398 g/mol. The quantitative estimate of drug-likeness (QED) is 0.328. The summed E-state index contributed by atoms with van der Waals surface area (Å²) in [5.41, 5.74) is 1.40. The third-order valence-corrected chi connectivity index (χ3v) is 4.87. The molecular formula is C19H14N2O6S. The van der Waals surface area contributed by atoms with Gasteiger partial charge in [-0.15, -0.1) is 0 Å². The molecule has 2 aromatic carbocycles. The largest absolute Gasteiger partial charge is 0.465 e. The first-order valence-electron chi connectivity index (χ1n) is 8.06. The lowest BCUT2D eigenvalue weighted by atomic mass is 10.1. The highest BCUT2D eigenvalue weighted by Crippen LogP contribution is 2.33. The molecule has 0 bridgehead atoms. The molecule has 0 spiro atoms. The Balaban J connectivity index is 1.78. The smallest absolute Gasteiger partial charge is 0.337 e. The summed E-state index contributed by atoms with van der Waals surface area (Å²) >= 11 is 0.794. The molecular weight excluding hydrogens is 384 g/mol. The van der Waals surface area contributed by atoms with Gasteiger partial charge < -0.3 is 4.74 Å². The second-order valence-corrected chi connectivity index (χ2v) is 6.80. The summed E-state index contributed by atoms with van der Waals surface area (Å²) < 4.78 is 4.63. The maximum Gasteiger partial charge on any atom is 0.337 e. The van der Waals surface area contributed by atoms with Crippen molar-refractivity contribution in [1.29, 1.82) is 0 Å². The van der Waals surface area contributed by atoms with Crippen LogP contribution in [0.5, 0.6) is 0 Å². The monoisotopic (exact) mass is 398 g/mol. The van der Waals surface area contributed by atoms with E-state index in [0.717, 1.165) is 16.7 Å². The molecule has 3 rings (SSSR count). The molecule has 1 saturated heterocycles. The number of hydrogen-bond acceptors (Lipinski definition) is 7. The number of nitrogens with zero attached hydrogens (tertiary/aromatic N) is 2. The van der Waals surface area contributed by atoms with Gasteiger partial charge in [-0.05, 0) is 41.1 Å². The van der Waals surface area contributed by atoms with Crippen molar-refractivity contribution < 1.29 is 24.0 Å². The highest BCUT2D eigenvalue weighted by molar-refractivity contribution is 8.18. The fourth-order valence-electron chi connectivity index (χ4n) is 2.57. The average Bonchev–Trinajstić information content (AvgIpc) is 2.95. The first-order valence-corrected chi connectivity index (χ1v) is 8.88. The van der Waals surface area contributed by atoms with E-state index in [1.54, 1.807) is 36.4 Å². The van der Waals surface area contributed by atoms with Crippen LogP contribution in [0.3, 0.4) is 0 Å². The van der Waals surface area contributed by atoms with Crippen molar-refractivity contribution in [2.75, 3.05) is 7.11 Å². The van der Waals surface area contributed by atoms with Crippen LogP contribution in [-0.2, 0) is 16.1 Å². The second kappa shape index (κ2) is 8.05. The van der Waals surface area contributed by atoms with Crippen LogP contribution in [0.25, 0.3) is 6.08 Å². The maximum atomic E-state index is 12.6. The van der Waals surface area contributed by atoms with E-state index in [0.29, 0.717) is 16.7 Å². The highest BCUT2D eigenvalue weighted by atomic mass is 32.2. The van der Waals surface area contributed by atoms with Crippen LogP contribution in [0, 0.1) is 10.1 Å². The van der Waals surface area contributed by atoms with E-state index in [1.165, 1.54) is 25.3 Å². The summed E-state index contributed by atoms with van der Waals surface area (Å²) in [6.07, 6.45) is 1.55. The first-order chi connectivity index (χ1) is 13.4. The minimum Gasteiger partial charge on any atom is -0.465 e. The number of carbonyl (C=O) groups is 3. The minimum absolute atomic E-state index is 0.0506. The zero-order valence-electron chi connectivity index (χ0n) is 14.7. The number of carbonyl (C=O) groups excluding carboxylic acids is 3. The van der Waals surface area contributed by atoms with Gasteiger partial charge in [0.15, 0.2) is 0 Å². The van der Waals surface area contributed by atoms with Crippen molar-refractivity contribution in [2.24, 2.45) is 0 Å². The van der Waals surface area contributed by atoms with Gasteiger partial charge in [0.25, 0.3) is 16.8 Å². The molecule has 8 nitrogen and oxygen atoms in total. The summed E-state index contributed by atoms with van der Waals surface area (Å²) in [5, 5.41) is 10.4. The Morgan fingerprint density at radius 1 is 1.21 bits per heavy atom. The Morgan fingerprint density at radius 2 is 1.93 bits per heavy atom. The minimum atomic E-state index is -0.533. The van der Waals surface area contributed by atoms with E-state index in [1.807, 2.05) is 0 Å². The van der Waals surface area contributed by atoms with Gasteiger partial charge in [-0.1, -0.05) is 24.3 Å². The van der Waals surface area contributed by atoms with E-state index in [2.05, 4.69) is 4.74 Å². The third-order valence-electron chi connectivity index (χ3n) is 3.97. The second-order valence-electron chi connectivity index (χ2n) is 5.81. The SMILES string of the molecule is COC(=O)c1ccc(/C=C2/SC(=O)N(Cc3cccc([N+](=O)[O-])c3)C2=O)cc1. The zero-order valence-corrected chi connectivity index (χ0v) is 15.5. The van der Waals surface area contributed by atoms with Gasteiger partial charge in [-0.2, -0.15) is 0 Å². The summed E-state index contributed by atoms with van der Waals surface area (Å²) in [7, 11) is 1.29. The van der Waals surface area contributed by atoms with Crippen molar-refractivity contribution in [3.63, 3.8) is 0 Å². The van der Waals surface area contributed by atoms with Gasteiger partial charge in [0.2, 0.25) is 0 Å². The molecule has 1 heterocycles. The molecule has 2 aromatic rings. The van der Waals surface area contributed by atoms with Crippen LogP contribution in [0.15, 0.2) is 53.4 Å². The van der Waals surface area contributed by atoms with Crippen LogP contribution >= 0.6 is 11.8 Å². The molecule has 142 valence electrons. The van der Waals surface area contributed by atoms with Crippen LogP contribution in [0.2, 0.25) is 0 Å². The summed E-state index contributed by atoms with van der Waals surface area (Å²) in [6, 6.07) is 12.2. The lowest BCUT2D eigenvalue weighted by molar-refractivity contribution is -0.384. The molecule has 0 aliphatic carbocycles. The maximum absolute atomic E-state index is 12.6. The molecule has 0 unspecified atom stereocenters. The van der Waals surface area contributed by atoms with Gasteiger partial charge in [0.05, 0.1) is 29.0 Å². The molecule has 0 atom stereocenters. The van der Waals surface area contributed by atoms with E-state index in [-0.39, 0.29) is 17.1 Å². The topological polar surface area (TPSA) is 107 Å². The van der Waals surface area contributed by atoms with Crippen molar-refractivity contribution >= 4 is 40.6 Å². The first kappa shape index (κ1) is 19.3. The predicted octanol–water partition coefficient (Wildman–Crippen LogP) is 3.62. The molecule has 2 amide bonds. The molecule has 0 N–H and O–H groups in total. The summed E-state index contributed by atoms with van der Waals surface area (Å²) in [4.78, 5) is 47.9. The van der Waals surface area contributed by atoms with E-state index < -0.39 is 22.0 Å². The van der Waals surface area contributed by atoms with Gasteiger partial charge in [-0.3, -0.25) is 24.6 Å². The van der Waals surface area contributed by atoms with Crippen LogP contribution < -0.4 is 0 Å². The number of hydrogen-bond donors (Lipinski definition) is 0. The fourth-order valence-corrected chi connectivity index (χ4v) is 3.41. The Labute approximate surface area is 163 Å². The lowest BCUT2D eigenvalue weighted by Crippen LogP contribution is -2.27. The molecule has 1 aliphatic rings. The molecule has 0 radical (unpaired) electrons. The number of ether oxygens (including phenoxy) is 1. The number of benzene rings is 2. The Morgan fingerprint density at radius 3 is 2.57 bits per heavy atom. The Bertz CT molecular complexity index is 1000. The number of thioether (sulfide) groups is 1. The van der Waals surface area contributed by atoms with Crippen LogP contribution in [0.4, 0.5) is 10.5 Å². The van der Waals surface area contributed by atoms with Gasteiger partial charge in [0, 0.05) is 12.1 Å². The van der Waals surface area contributed by atoms with Gasteiger partial charge in [-0.25, -0.2) is 4.79 Å². The van der Waals surface area contributed by atoms with Crippen LogP contribution in [-0.4, -0.2) is 34.0 Å². The molecule has 0 saturated carbocycles. The molecule has 0 aromatic heterocycles. The fraction of sp³-hybridized carbons (Fsp3) is 0.105. The Hall–Kier alpha value is -3.46. The predicted molar refractivity (Wildman–Crippen MR) is 102 cm³/mol. The third kappa shape index (κ3) is 4.09. The molecule has 9 heteroatoms. The summed E-state index contributed by atoms with van der Waals surface area (Å²) in [6.45, 7) is -0.0506. The summed E-state index contributed by atoms with van der Waals surface area (Å²) in [5.74, 6) is -0.942. The van der Waals surface area contributed by atoms with Crippen molar-refractivity contribution in [3.05, 3.63) is 80.2 Å². The lowest BCUT2D eigenvalue weighted by Gasteiger charge is -2.12. The number of rotatable bonds is 5. The number of esters is 1. The number of nitro benzene ring substituents is 1. The highest BCUT2D eigenvalue weighted by Gasteiger charge is 2.35. The van der Waals surface area contributed by atoms with Gasteiger partial charge in [0.1, 0.15) is 0 Å². The van der Waals surface area contributed by atoms with E-state index >= 15 is 0 Å². The standard InChI is InChI=1S/C19H14N2O6S/c1-27-18(23)14-7-5-12(6-8-14)10-16-17(22)20(19(24)28-16)11-13-3-2-4-15(9-13)21(25)26/h2-10H,11H2,1H3/b16-10+. The molecule has 1 aliphatic heterocycles. The number of methoxy groups -OCH3 is 1. The van der Waals surface area contributed by atoms with Crippen molar-refractivity contribution in [3.8, 4) is 0 Å². The van der Waals surface area contributed by atoms with E-state index in [4.69, 9.17) is 0 Å². The van der Waals surface area contributed by atoms with Crippen LogP contribution in [0.1, 0.15) is 21.5 Å². The normalized spacial score (nSPS) is 15.2. The van der Waals surface area contributed by atoms with Gasteiger partial charge >= 0.3 is 5.97 Å². The van der Waals surface area contributed by atoms with Crippen molar-refractivity contribution in [2.45, 2.75) is 6.54 Å². The van der Waals surface area contributed by atoms with Crippen molar-refractivity contribution in [1.82, 2.24) is 4.90 Å². The molecule has 1 fully saturated rings. The number of imide groups is 1. The number of amides is 2.